The normalized spacial score (nSPS) is 11.9. The molecular weight excluding hydrogens is 500 g/mol. The molecule has 3 rings (SSSR count). The Morgan fingerprint density at radius 2 is 1.50 bits per heavy atom. The molecule has 214 valence electrons. The van der Waals surface area contributed by atoms with Gasteiger partial charge in [-0.15, -0.1) is 0 Å². The van der Waals surface area contributed by atoms with Gasteiger partial charge in [-0.3, -0.25) is 9.59 Å². The fourth-order valence-corrected chi connectivity index (χ4v) is 4.66. The van der Waals surface area contributed by atoms with Crippen molar-refractivity contribution in [1.29, 1.82) is 0 Å². The standard InChI is InChI=1S/C34H44N2O4/c1-7-39-30-19-17-27(23-31(30)40-8-2)18-20-32(37)36(24-28-16-12-13-25(3)21-28)29(33(38)35-34(4,5)6)22-26-14-10-9-11-15-26/h9-17,19,21,23,29H,7-8,18,20,22,24H2,1-6H3,(H,35,38). The van der Waals surface area contributed by atoms with E-state index in [2.05, 4.69) is 11.4 Å². The first kappa shape index (κ1) is 30.7. The molecule has 1 atom stereocenters. The Morgan fingerprint density at radius 1 is 0.825 bits per heavy atom. The van der Waals surface area contributed by atoms with E-state index in [-0.39, 0.29) is 18.2 Å². The molecule has 0 heterocycles. The van der Waals surface area contributed by atoms with Crippen LogP contribution in [0, 0.1) is 6.92 Å². The van der Waals surface area contributed by atoms with Crippen LogP contribution in [0.1, 0.15) is 63.3 Å². The zero-order valence-electron chi connectivity index (χ0n) is 24.8. The summed E-state index contributed by atoms with van der Waals surface area (Å²) in [6, 6.07) is 23.1. The van der Waals surface area contributed by atoms with Gasteiger partial charge in [0.15, 0.2) is 11.5 Å². The van der Waals surface area contributed by atoms with Gasteiger partial charge in [-0.25, -0.2) is 0 Å². The van der Waals surface area contributed by atoms with Crippen molar-refractivity contribution in [3.63, 3.8) is 0 Å². The number of benzene rings is 3. The van der Waals surface area contributed by atoms with Crippen LogP contribution >= 0.6 is 0 Å². The molecular formula is C34H44N2O4. The predicted octanol–water partition coefficient (Wildman–Crippen LogP) is 6.28. The molecule has 2 amide bonds. The van der Waals surface area contributed by atoms with Gasteiger partial charge < -0.3 is 19.7 Å². The Labute approximate surface area is 239 Å². The molecule has 1 unspecified atom stereocenters. The van der Waals surface area contributed by atoms with Crippen LogP contribution < -0.4 is 14.8 Å². The molecule has 3 aromatic carbocycles. The lowest BCUT2D eigenvalue weighted by Gasteiger charge is -2.34. The number of rotatable bonds is 13. The lowest BCUT2D eigenvalue weighted by Crippen LogP contribution is -2.54. The van der Waals surface area contributed by atoms with Gasteiger partial charge in [-0.2, -0.15) is 0 Å². The Morgan fingerprint density at radius 3 is 2.15 bits per heavy atom. The van der Waals surface area contributed by atoms with Gasteiger partial charge in [-0.05, 0) is 76.8 Å². The molecule has 40 heavy (non-hydrogen) atoms. The third-order valence-corrected chi connectivity index (χ3v) is 6.44. The van der Waals surface area contributed by atoms with E-state index in [0.29, 0.717) is 44.1 Å². The Balaban J connectivity index is 1.92. The van der Waals surface area contributed by atoms with E-state index in [1.165, 1.54) is 0 Å². The molecule has 0 aliphatic rings. The van der Waals surface area contributed by atoms with Crippen molar-refractivity contribution in [3.8, 4) is 11.5 Å². The van der Waals surface area contributed by atoms with Gasteiger partial charge in [0.1, 0.15) is 6.04 Å². The summed E-state index contributed by atoms with van der Waals surface area (Å²) < 4.78 is 11.5. The topological polar surface area (TPSA) is 67.9 Å². The second kappa shape index (κ2) is 14.5. The largest absolute Gasteiger partial charge is 0.490 e. The zero-order chi connectivity index (χ0) is 29.1. The fraction of sp³-hybridized carbons (Fsp3) is 0.412. The molecule has 0 bridgehead atoms. The Hall–Kier alpha value is -3.80. The van der Waals surface area contributed by atoms with E-state index in [1.807, 2.05) is 108 Å². The number of carbonyl (C=O) groups excluding carboxylic acids is 2. The summed E-state index contributed by atoms with van der Waals surface area (Å²) in [5.74, 6) is 1.15. The SMILES string of the molecule is CCOc1ccc(CCC(=O)N(Cc2cccc(C)c2)C(Cc2ccccc2)C(=O)NC(C)(C)C)cc1OCC. The number of nitrogens with zero attached hydrogens (tertiary/aromatic N) is 1. The maximum Gasteiger partial charge on any atom is 0.243 e. The molecule has 0 aliphatic carbocycles. The van der Waals surface area contributed by atoms with E-state index in [9.17, 15) is 9.59 Å². The number of hydrogen-bond donors (Lipinski definition) is 1. The zero-order valence-corrected chi connectivity index (χ0v) is 24.8. The number of carbonyl (C=O) groups is 2. The second-order valence-corrected chi connectivity index (χ2v) is 11.1. The average Bonchev–Trinajstić information content (AvgIpc) is 2.90. The van der Waals surface area contributed by atoms with E-state index >= 15 is 0 Å². The molecule has 0 spiro atoms. The highest BCUT2D eigenvalue weighted by atomic mass is 16.5. The maximum atomic E-state index is 14.0. The Bertz CT molecular complexity index is 1250. The van der Waals surface area contributed by atoms with Crippen molar-refractivity contribution in [2.24, 2.45) is 0 Å². The molecule has 6 heteroatoms. The van der Waals surface area contributed by atoms with Crippen molar-refractivity contribution in [1.82, 2.24) is 10.2 Å². The van der Waals surface area contributed by atoms with E-state index in [0.717, 1.165) is 22.3 Å². The molecule has 0 radical (unpaired) electrons. The Kier molecular flexibility index (Phi) is 11.2. The van der Waals surface area contributed by atoms with Crippen molar-refractivity contribution >= 4 is 11.8 Å². The van der Waals surface area contributed by atoms with Crippen molar-refractivity contribution in [2.75, 3.05) is 13.2 Å². The first-order chi connectivity index (χ1) is 19.1. The van der Waals surface area contributed by atoms with E-state index in [4.69, 9.17) is 9.47 Å². The van der Waals surface area contributed by atoms with Gasteiger partial charge >= 0.3 is 0 Å². The smallest absolute Gasteiger partial charge is 0.243 e. The van der Waals surface area contributed by atoms with Gasteiger partial charge in [0.25, 0.3) is 0 Å². The minimum Gasteiger partial charge on any atom is -0.490 e. The van der Waals surface area contributed by atoms with E-state index < -0.39 is 11.6 Å². The number of nitrogens with one attached hydrogen (secondary N) is 1. The molecule has 0 fully saturated rings. The van der Waals surface area contributed by atoms with Gasteiger partial charge in [0.2, 0.25) is 11.8 Å². The van der Waals surface area contributed by atoms with Crippen LogP contribution in [0.25, 0.3) is 0 Å². The monoisotopic (exact) mass is 544 g/mol. The van der Waals surface area contributed by atoms with Gasteiger partial charge in [-0.1, -0.05) is 66.2 Å². The van der Waals surface area contributed by atoms with Crippen molar-refractivity contribution < 1.29 is 19.1 Å². The molecule has 0 aliphatic heterocycles. The van der Waals surface area contributed by atoms with Crippen LogP contribution in [0.2, 0.25) is 0 Å². The average molecular weight is 545 g/mol. The quantitative estimate of drug-likeness (QED) is 0.275. The summed E-state index contributed by atoms with van der Waals surface area (Å²) in [6.45, 7) is 13.2. The summed E-state index contributed by atoms with van der Waals surface area (Å²) >= 11 is 0. The van der Waals surface area contributed by atoms with Gasteiger partial charge in [0, 0.05) is 24.9 Å². The maximum absolute atomic E-state index is 14.0. The minimum atomic E-state index is -0.658. The van der Waals surface area contributed by atoms with Crippen LogP contribution in [-0.4, -0.2) is 41.5 Å². The van der Waals surface area contributed by atoms with Crippen LogP contribution in [-0.2, 0) is 29.0 Å². The van der Waals surface area contributed by atoms with Crippen LogP contribution in [0.5, 0.6) is 11.5 Å². The van der Waals surface area contributed by atoms with Crippen LogP contribution in [0.15, 0.2) is 72.8 Å². The molecule has 0 aromatic heterocycles. The van der Waals surface area contributed by atoms with Crippen LogP contribution in [0.3, 0.4) is 0 Å². The summed E-state index contributed by atoms with van der Waals surface area (Å²) in [5, 5.41) is 3.12. The van der Waals surface area contributed by atoms with Crippen molar-refractivity contribution in [2.45, 2.75) is 78.9 Å². The highest BCUT2D eigenvalue weighted by Gasteiger charge is 2.32. The molecule has 3 aromatic rings. The summed E-state index contributed by atoms with van der Waals surface area (Å²) in [4.78, 5) is 29.4. The predicted molar refractivity (Wildman–Crippen MR) is 161 cm³/mol. The highest BCUT2D eigenvalue weighted by molar-refractivity contribution is 5.88. The number of ether oxygens (including phenoxy) is 2. The summed E-state index contributed by atoms with van der Waals surface area (Å²) in [7, 11) is 0. The second-order valence-electron chi connectivity index (χ2n) is 11.1. The van der Waals surface area contributed by atoms with E-state index in [1.54, 1.807) is 4.90 Å². The number of aryl methyl sites for hydroxylation is 2. The lowest BCUT2D eigenvalue weighted by atomic mass is 9.99. The highest BCUT2D eigenvalue weighted by Crippen LogP contribution is 2.29. The number of amides is 2. The molecule has 1 N–H and O–H groups in total. The number of hydrogen-bond acceptors (Lipinski definition) is 4. The molecule has 0 saturated heterocycles. The third kappa shape index (κ3) is 9.44. The van der Waals surface area contributed by atoms with Crippen molar-refractivity contribution in [3.05, 3.63) is 95.1 Å². The lowest BCUT2D eigenvalue weighted by molar-refractivity contribution is -0.141. The summed E-state index contributed by atoms with van der Waals surface area (Å²) in [6.07, 6.45) is 1.21. The summed E-state index contributed by atoms with van der Waals surface area (Å²) in [5.41, 5.74) is 3.67. The van der Waals surface area contributed by atoms with Crippen LogP contribution in [0.4, 0.5) is 0 Å². The first-order valence-electron chi connectivity index (χ1n) is 14.2. The fourth-order valence-electron chi connectivity index (χ4n) is 4.66. The first-order valence-corrected chi connectivity index (χ1v) is 14.2. The molecule has 0 saturated carbocycles. The minimum absolute atomic E-state index is 0.0710. The van der Waals surface area contributed by atoms with Gasteiger partial charge in [0.05, 0.1) is 13.2 Å². The third-order valence-electron chi connectivity index (χ3n) is 6.44. The molecule has 6 nitrogen and oxygen atoms in total.